The van der Waals surface area contributed by atoms with Crippen LogP contribution in [0.5, 0.6) is 0 Å². The molecule has 0 saturated carbocycles. The van der Waals surface area contributed by atoms with Crippen LogP contribution in [0.1, 0.15) is 34.3 Å². The van der Waals surface area contributed by atoms with Crippen LogP contribution < -0.4 is 10.6 Å². The van der Waals surface area contributed by atoms with E-state index in [1.54, 1.807) is 61.5 Å². The number of amides is 3. The lowest BCUT2D eigenvalue weighted by Gasteiger charge is -2.30. The maximum Gasteiger partial charge on any atom is 0.267 e. The van der Waals surface area contributed by atoms with Crippen molar-refractivity contribution in [1.29, 1.82) is 5.26 Å². The third kappa shape index (κ3) is 6.64. The molecule has 1 fully saturated rings. The standard InChI is InChI=1S/C26H28F2N4O4/c1-17-8-5-6-11-19(17)23(34)31-20(14-18-9-3-2-4-10-18)22(33)25(36)32-16-26(27,28)15-21(32)24(35)30-13-7-12-29/h2-6,8-11,20-22,33H,7,13-16H2,1H3,(H,30,35)(H,31,34)/t20-,21-,22-/m0/s1. The molecular weight excluding hydrogens is 470 g/mol. The Hall–Kier alpha value is -3.84. The third-order valence-corrected chi connectivity index (χ3v) is 6.03. The van der Waals surface area contributed by atoms with Gasteiger partial charge in [-0.05, 0) is 30.5 Å². The number of aliphatic hydroxyl groups is 1. The molecule has 0 radical (unpaired) electrons. The number of nitrogens with one attached hydrogen (secondary N) is 2. The van der Waals surface area contributed by atoms with E-state index < -0.39 is 54.8 Å². The van der Waals surface area contributed by atoms with Gasteiger partial charge < -0.3 is 20.6 Å². The molecular formula is C26H28F2N4O4. The number of carbonyl (C=O) groups excluding carboxylic acids is 3. The second-order valence-electron chi connectivity index (χ2n) is 8.77. The number of aliphatic hydroxyl groups excluding tert-OH is 1. The van der Waals surface area contributed by atoms with Crippen molar-refractivity contribution in [2.45, 2.75) is 50.3 Å². The Kier molecular flexibility index (Phi) is 8.72. The van der Waals surface area contributed by atoms with E-state index in [0.29, 0.717) is 21.6 Å². The highest BCUT2D eigenvalue weighted by Gasteiger charge is 2.51. The average Bonchev–Trinajstić information content (AvgIpc) is 3.19. The molecule has 36 heavy (non-hydrogen) atoms. The predicted octanol–water partition coefficient (Wildman–Crippen LogP) is 1.96. The van der Waals surface area contributed by atoms with Crippen LogP contribution in [0.25, 0.3) is 0 Å². The van der Waals surface area contributed by atoms with Crippen molar-refractivity contribution < 1.29 is 28.3 Å². The minimum absolute atomic E-state index is 0.0183. The first kappa shape index (κ1) is 26.8. The summed E-state index contributed by atoms with van der Waals surface area (Å²) in [4.78, 5) is 39.4. The first-order chi connectivity index (χ1) is 17.1. The molecule has 0 bridgehead atoms. The van der Waals surface area contributed by atoms with E-state index in [2.05, 4.69) is 10.6 Å². The fraction of sp³-hybridized carbons (Fsp3) is 0.385. The maximum atomic E-state index is 14.3. The number of hydrogen-bond acceptors (Lipinski definition) is 5. The second kappa shape index (κ2) is 11.7. The first-order valence-corrected chi connectivity index (χ1v) is 11.5. The molecule has 2 aromatic carbocycles. The molecule has 1 aliphatic rings. The molecule has 3 amide bonds. The van der Waals surface area contributed by atoms with Crippen molar-refractivity contribution in [1.82, 2.24) is 15.5 Å². The Morgan fingerprint density at radius 1 is 1.17 bits per heavy atom. The number of hydrogen-bond donors (Lipinski definition) is 3. The molecule has 1 heterocycles. The summed E-state index contributed by atoms with van der Waals surface area (Å²) in [5.41, 5.74) is 1.73. The van der Waals surface area contributed by atoms with Crippen molar-refractivity contribution in [2.75, 3.05) is 13.1 Å². The Balaban J connectivity index is 1.84. The number of carbonyl (C=O) groups is 3. The Bertz CT molecular complexity index is 1140. The topological polar surface area (TPSA) is 123 Å². The third-order valence-electron chi connectivity index (χ3n) is 6.03. The summed E-state index contributed by atoms with van der Waals surface area (Å²) in [6, 6.07) is 14.8. The van der Waals surface area contributed by atoms with Crippen LogP contribution in [-0.2, 0) is 16.0 Å². The molecule has 2 aromatic rings. The van der Waals surface area contributed by atoms with Crippen molar-refractivity contribution in [3.63, 3.8) is 0 Å². The quantitative estimate of drug-likeness (QED) is 0.456. The molecule has 3 atom stereocenters. The van der Waals surface area contributed by atoms with Crippen LogP contribution in [-0.4, -0.2) is 64.9 Å². The van der Waals surface area contributed by atoms with Crippen molar-refractivity contribution in [3.8, 4) is 6.07 Å². The van der Waals surface area contributed by atoms with Gasteiger partial charge in [0, 0.05) is 18.5 Å². The highest BCUT2D eigenvalue weighted by atomic mass is 19.3. The van der Waals surface area contributed by atoms with Gasteiger partial charge >= 0.3 is 0 Å². The van der Waals surface area contributed by atoms with E-state index in [4.69, 9.17) is 5.26 Å². The van der Waals surface area contributed by atoms with Crippen LogP contribution >= 0.6 is 0 Å². The van der Waals surface area contributed by atoms with Gasteiger partial charge in [0.2, 0.25) is 5.91 Å². The predicted molar refractivity (Wildman–Crippen MR) is 127 cm³/mol. The zero-order valence-corrected chi connectivity index (χ0v) is 19.8. The molecule has 10 heteroatoms. The molecule has 190 valence electrons. The fourth-order valence-electron chi connectivity index (χ4n) is 4.17. The van der Waals surface area contributed by atoms with Gasteiger partial charge in [-0.25, -0.2) is 8.78 Å². The van der Waals surface area contributed by atoms with Gasteiger partial charge in [0.1, 0.15) is 6.04 Å². The number of benzene rings is 2. The lowest BCUT2D eigenvalue weighted by Crippen LogP contribution is -2.56. The minimum atomic E-state index is -3.33. The van der Waals surface area contributed by atoms with Crippen LogP contribution in [0.15, 0.2) is 54.6 Å². The van der Waals surface area contributed by atoms with E-state index in [0.717, 1.165) is 0 Å². The molecule has 8 nitrogen and oxygen atoms in total. The summed E-state index contributed by atoms with van der Waals surface area (Å²) in [7, 11) is 0. The summed E-state index contributed by atoms with van der Waals surface area (Å²) in [6.07, 6.45) is -2.76. The molecule has 0 unspecified atom stereocenters. The zero-order chi connectivity index (χ0) is 26.3. The summed E-state index contributed by atoms with van der Waals surface area (Å²) < 4.78 is 28.5. The summed E-state index contributed by atoms with van der Waals surface area (Å²) in [5, 5.41) is 24.7. The Morgan fingerprint density at radius 2 is 1.83 bits per heavy atom. The molecule has 0 aromatic heterocycles. The van der Waals surface area contributed by atoms with E-state index in [9.17, 15) is 28.3 Å². The molecule has 3 N–H and O–H groups in total. The molecule has 3 rings (SSSR count). The van der Waals surface area contributed by atoms with Crippen molar-refractivity contribution >= 4 is 17.7 Å². The highest BCUT2D eigenvalue weighted by molar-refractivity contribution is 5.96. The van der Waals surface area contributed by atoms with Crippen LogP contribution in [0.2, 0.25) is 0 Å². The summed E-state index contributed by atoms with van der Waals surface area (Å²) >= 11 is 0. The van der Waals surface area contributed by atoms with Gasteiger partial charge in [-0.3, -0.25) is 14.4 Å². The lowest BCUT2D eigenvalue weighted by molar-refractivity contribution is -0.147. The number of halogens is 2. The monoisotopic (exact) mass is 498 g/mol. The largest absolute Gasteiger partial charge is 0.381 e. The van der Waals surface area contributed by atoms with Gasteiger partial charge in [-0.15, -0.1) is 0 Å². The molecule has 1 saturated heterocycles. The SMILES string of the molecule is Cc1ccccc1C(=O)N[C@@H](Cc1ccccc1)[C@H](O)C(=O)N1CC(F)(F)C[C@H]1C(=O)NCCC#N. The number of alkyl halides is 2. The number of aryl methyl sites for hydroxylation is 1. The maximum absolute atomic E-state index is 14.3. The minimum Gasteiger partial charge on any atom is -0.381 e. The van der Waals surface area contributed by atoms with Gasteiger partial charge in [-0.1, -0.05) is 48.5 Å². The molecule has 0 spiro atoms. The number of rotatable bonds is 9. The van der Waals surface area contributed by atoms with Gasteiger partial charge in [0.05, 0.1) is 25.1 Å². The highest BCUT2D eigenvalue weighted by Crippen LogP contribution is 2.33. The smallest absolute Gasteiger partial charge is 0.267 e. The van der Waals surface area contributed by atoms with Crippen molar-refractivity contribution in [3.05, 3.63) is 71.3 Å². The van der Waals surface area contributed by atoms with Gasteiger partial charge in [-0.2, -0.15) is 5.26 Å². The number of likely N-dealkylation sites (tertiary alicyclic amines) is 1. The Labute approximate surface area is 207 Å². The lowest BCUT2D eigenvalue weighted by atomic mass is 9.99. The first-order valence-electron chi connectivity index (χ1n) is 11.5. The van der Waals surface area contributed by atoms with Crippen LogP contribution in [0, 0.1) is 18.3 Å². The van der Waals surface area contributed by atoms with E-state index >= 15 is 0 Å². The second-order valence-corrected chi connectivity index (χ2v) is 8.77. The van der Waals surface area contributed by atoms with E-state index in [-0.39, 0.29) is 19.4 Å². The number of nitrogens with zero attached hydrogens (tertiary/aromatic N) is 2. The van der Waals surface area contributed by atoms with Crippen LogP contribution in [0.4, 0.5) is 8.78 Å². The normalized spacial score (nSPS) is 18.1. The van der Waals surface area contributed by atoms with Crippen LogP contribution in [0.3, 0.4) is 0 Å². The Morgan fingerprint density at radius 3 is 2.50 bits per heavy atom. The molecule has 0 aliphatic carbocycles. The fourth-order valence-corrected chi connectivity index (χ4v) is 4.17. The summed E-state index contributed by atoms with van der Waals surface area (Å²) in [6.45, 7) is 0.651. The van der Waals surface area contributed by atoms with E-state index in [1.807, 2.05) is 6.07 Å². The zero-order valence-electron chi connectivity index (χ0n) is 19.8. The van der Waals surface area contributed by atoms with Gasteiger partial charge in [0.25, 0.3) is 17.7 Å². The van der Waals surface area contributed by atoms with E-state index in [1.165, 1.54) is 0 Å². The van der Waals surface area contributed by atoms with Gasteiger partial charge in [0.15, 0.2) is 6.10 Å². The summed E-state index contributed by atoms with van der Waals surface area (Å²) in [5.74, 6) is -5.77. The molecule has 1 aliphatic heterocycles. The van der Waals surface area contributed by atoms with Crippen molar-refractivity contribution in [2.24, 2.45) is 0 Å². The average molecular weight is 499 g/mol. The number of nitriles is 1.